The number of hydrogen-bond acceptors (Lipinski definition) is 3. The third-order valence-corrected chi connectivity index (χ3v) is 3.54. The number of halogens is 4. The molecule has 0 aromatic heterocycles. The lowest BCUT2D eigenvalue weighted by Crippen LogP contribution is -2.27. The monoisotopic (exact) mass is 418 g/mol. The van der Waals surface area contributed by atoms with Crippen molar-refractivity contribution in [3.63, 3.8) is 0 Å². The summed E-state index contributed by atoms with van der Waals surface area (Å²) in [5.74, 6) is 0.0785. The van der Waals surface area contributed by atoms with Crippen molar-refractivity contribution in [3.8, 4) is 5.75 Å². The molecule has 8 heteroatoms. The maximum absolute atomic E-state index is 12.4. The van der Waals surface area contributed by atoms with Gasteiger partial charge in [-0.2, -0.15) is 13.2 Å². The van der Waals surface area contributed by atoms with Crippen LogP contribution in [0.1, 0.15) is 31.9 Å². The highest BCUT2D eigenvalue weighted by atomic mass is 35.5. The fourth-order valence-electron chi connectivity index (χ4n) is 2.40. The van der Waals surface area contributed by atoms with Gasteiger partial charge in [-0.25, -0.2) is 0 Å². The van der Waals surface area contributed by atoms with E-state index in [1.54, 1.807) is 18.2 Å². The van der Waals surface area contributed by atoms with Gasteiger partial charge < -0.3 is 15.7 Å². The van der Waals surface area contributed by atoms with Crippen LogP contribution in [-0.4, -0.2) is 23.6 Å². The molecular weight excluding hydrogens is 393 g/mol. The SMILES string of the molecule is CC(=O)Nc1ccc(O)cc1.CCNC(C)Cc1cccc(C(F)(F)F)c1.Cl. The average molecular weight is 419 g/mol. The Bertz CT molecular complexity index is 722. The molecule has 1 amide bonds. The van der Waals surface area contributed by atoms with E-state index in [-0.39, 0.29) is 30.1 Å². The third kappa shape index (κ3) is 10.2. The van der Waals surface area contributed by atoms with Crippen LogP contribution in [0, 0.1) is 0 Å². The molecule has 0 aliphatic rings. The first kappa shape index (κ1) is 25.8. The smallest absolute Gasteiger partial charge is 0.416 e. The van der Waals surface area contributed by atoms with Crippen molar-refractivity contribution in [2.24, 2.45) is 0 Å². The van der Waals surface area contributed by atoms with Crippen molar-refractivity contribution in [3.05, 3.63) is 59.7 Å². The number of anilines is 1. The van der Waals surface area contributed by atoms with Gasteiger partial charge in [-0.15, -0.1) is 12.4 Å². The van der Waals surface area contributed by atoms with Gasteiger partial charge in [-0.3, -0.25) is 4.79 Å². The molecule has 0 fully saturated rings. The lowest BCUT2D eigenvalue weighted by atomic mass is 10.0. The van der Waals surface area contributed by atoms with Crippen molar-refractivity contribution in [1.29, 1.82) is 0 Å². The van der Waals surface area contributed by atoms with Crippen LogP contribution in [0.15, 0.2) is 48.5 Å². The van der Waals surface area contributed by atoms with Gasteiger partial charge >= 0.3 is 6.18 Å². The summed E-state index contributed by atoms with van der Waals surface area (Å²) in [6.07, 6.45) is -3.64. The Kier molecular flexibility index (Phi) is 11.3. The highest BCUT2D eigenvalue weighted by Crippen LogP contribution is 2.29. The Labute approximate surface area is 169 Å². The molecule has 0 spiro atoms. The molecule has 156 valence electrons. The van der Waals surface area contributed by atoms with Gasteiger partial charge in [0, 0.05) is 18.7 Å². The molecule has 2 aromatic carbocycles. The fraction of sp³-hybridized carbons (Fsp3) is 0.350. The van der Waals surface area contributed by atoms with E-state index in [4.69, 9.17) is 5.11 Å². The molecule has 0 saturated carbocycles. The van der Waals surface area contributed by atoms with E-state index in [0.717, 1.165) is 12.6 Å². The molecule has 3 N–H and O–H groups in total. The molecule has 1 atom stereocenters. The van der Waals surface area contributed by atoms with Gasteiger partial charge in [0.1, 0.15) is 5.75 Å². The zero-order valence-corrected chi connectivity index (χ0v) is 16.8. The predicted molar refractivity (Wildman–Crippen MR) is 108 cm³/mol. The average Bonchev–Trinajstić information content (AvgIpc) is 2.57. The van der Waals surface area contributed by atoms with Crippen LogP contribution in [0.3, 0.4) is 0 Å². The topological polar surface area (TPSA) is 61.4 Å². The quantitative estimate of drug-likeness (QED) is 0.597. The standard InChI is InChI=1S/C12H16F3N.C8H9NO2.ClH/c1-3-16-9(2)7-10-5-4-6-11(8-10)12(13,14)15;1-6(10)9-7-2-4-8(11)5-3-7;/h4-6,8-9,16H,3,7H2,1-2H3;2-5,11H,1H3,(H,9,10);1H. The lowest BCUT2D eigenvalue weighted by molar-refractivity contribution is -0.137. The summed E-state index contributed by atoms with van der Waals surface area (Å²) >= 11 is 0. The third-order valence-electron chi connectivity index (χ3n) is 3.54. The summed E-state index contributed by atoms with van der Waals surface area (Å²) in [5.41, 5.74) is 0.826. The molecule has 0 aliphatic carbocycles. The molecule has 2 aromatic rings. The number of phenolic OH excluding ortho intramolecular Hbond substituents is 1. The van der Waals surface area contributed by atoms with Gasteiger partial charge in [0.15, 0.2) is 0 Å². The summed E-state index contributed by atoms with van der Waals surface area (Å²) in [6, 6.07) is 12.0. The molecule has 1 unspecified atom stereocenters. The van der Waals surface area contributed by atoms with Crippen molar-refractivity contribution < 1.29 is 23.1 Å². The van der Waals surface area contributed by atoms with E-state index in [0.29, 0.717) is 17.7 Å². The van der Waals surface area contributed by atoms with E-state index >= 15 is 0 Å². The van der Waals surface area contributed by atoms with Gasteiger partial charge in [0.05, 0.1) is 5.56 Å². The maximum atomic E-state index is 12.4. The molecule has 4 nitrogen and oxygen atoms in total. The van der Waals surface area contributed by atoms with Crippen LogP contribution in [0.4, 0.5) is 18.9 Å². The fourth-order valence-corrected chi connectivity index (χ4v) is 2.40. The lowest BCUT2D eigenvalue weighted by Gasteiger charge is -2.13. The maximum Gasteiger partial charge on any atom is 0.416 e. The first-order valence-corrected chi connectivity index (χ1v) is 8.58. The molecule has 0 bridgehead atoms. The Balaban J connectivity index is 0.000000535. The van der Waals surface area contributed by atoms with Crippen LogP contribution in [0.25, 0.3) is 0 Å². The van der Waals surface area contributed by atoms with Crippen LogP contribution in [0.2, 0.25) is 0 Å². The summed E-state index contributed by atoms with van der Waals surface area (Å²) in [4.78, 5) is 10.5. The van der Waals surface area contributed by atoms with Crippen molar-refractivity contribution in [2.45, 2.75) is 39.4 Å². The van der Waals surface area contributed by atoms with Gasteiger partial charge in [-0.05, 0) is 55.8 Å². The number of hydrogen-bond donors (Lipinski definition) is 3. The van der Waals surface area contributed by atoms with Gasteiger partial charge in [0.25, 0.3) is 0 Å². The molecule has 0 saturated heterocycles. The van der Waals surface area contributed by atoms with E-state index in [1.807, 2.05) is 13.8 Å². The Morgan fingerprint density at radius 2 is 1.75 bits per heavy atom. The number of carbonyl (C=O) groups excluding carboxylic acids is 1. The van der Waals surface area contributed by atoms with Crippen LogP contribution in [0.5, 0.6) is 5.75 Å². The van der Waals surface area contributed by atoms with Crippen LogP contribution >= 0.6 is 12.4 Å². The number of alkyl halides is 3. The minimum atomic E-state index is -4.25. The molecule has 0 heterocycles. The van der Waals surface area contributed by atoms with E-state index in [1.165, 1.54) is 31.2 Å². The second-order valence-electron chi connectivity index (χ2n) is 6.09. The number of aromatic hydroxyl groups is 1. The highest BCUT2D eigenvalue weighted by Gasteiger charge is 2.30. The van der Waals surface area contributed by atoms with E-state index in [2.05, 4.69) is 10.6 Å². The minimum absolute atomic E-state index is 0. The number of likely N-dealkylation sites (N-methyl/N-ethyl adjacent to an activating group) is 1. The zero-order valence-electron chi connectivity index (χ0n) is 16.0. The number of nitrogens with one attached hydrogen (secondary N) is 2. The Hall–Kier alpha value is -2.25. The Morgan fingerprint density at radius 3 is 2.25 bits per heavy atom. The molecule has 0 aliphatic heterocycles. The molecule has 2 rings (SSSR count). The second-order valence-corrected chi connectivity index (χ2v) is 6.09. The summed E-state index contributed by atoms with van der Waals surface area (Å²) in [5, 5.41) is 14.6. The summed E-state index contributed by atoms with van der Waals surface area (Å²) < 4.78 is 37.3. The van der Waals surface area contributed by atoms with Crippen LogP contribution < -0.4 is 10.6 Å². The van der Waals surface area contributed by atoms with E-state index in [9.17, 15) is 18.0 Å². The number of carbonyl (C=O) groups is 1. The second kappa shape index (κ2) is 12.3. The van der Waals surface area contributed by atoms with E-state index < -0.39 is 11.7 Å². The van der Waals surface area contributed by atoms with Crippen LogP contribution in [-0.2, 0) is 17.4 Å². The van der Waals surface area contributed by atoms with Gasteiger partial charge in [-0.1, -0.05) is 25.1 Å². The molecule has 28 heavy (non-hydrogen) atoms. The first-order valence-electron chi connectivity index (χ1n) is 8.58. The molecular formula is C20H26ClF3N2O2. The number of phenols is 1. The number of benzene rings is 2. The zero-order chi connectivity index (χ0) is 20.4. The van der Waals surface area contributed by atoms with Gasteiger partial charge in [0.2, 0.25) is 5.91 Å². The predicted octanol–water partition coefficient (Wildman–Crippen LogP) is 5.02. The van der Waals surface area contributed by atoms with Crippen molar-refractivity contribution >= 4 is 24.0 Å². The molecule has 0 radical (unpaired) electrons. The largest absolute Gasteiger partial charge is 0.508 e. The normalized spacial score (nSPS) is 11.5. The highest BCUT2D eigenvalue weighted by molar-refractivity contribution is 5.88. The summed E-state index contributed by atoms with van der Waals surface area (Å²) in [7, 11) is 0. The minimum Gasteiger partial charge on any atom is -0.508 e. The number of rotatable bonds is 5. The number of amides is 1. The first-order chi connectivity index (χ1) is 12.6. The van der Waals surface area contributed by atoms with Crippen molar-refractivity contribution in [2.75, 3.05) is 11.9 Å². The summed E-state index contributed by atoms with van der Waals surface area (Å²) in [6.45, 7) is 6.19. The Morgan fingerprint density at radius 1 is 1.14 bits per heavy atom. The van der Waals surface area contributed by atoms with Crippen molar-refractivity contribution in [1.82, 2.24) is 5.32 Å².